The molecule has 1 aliphatic rings. The second-order valence-corrected chi connectivity index (χ2v) is 6.59. The van der Waals surface area contributed by atoms with Crippen LogP contribution < -0.4 is 5.32 Å². The predicted molar refractivity (Wildman–Crippen MR) is 88.6 cm³/mol. The van der Waals surface area contributed by atoms with E-state index in [1.807, 2.05) is 7.05 Å². The molecule has 1 heterocycles. The van der Waals surface area contributed by atoms with Crippen LogP contribution in [0.3, 0.4) is 0 Å². The van der Waals surface area contributed by atoms with Gasteiger partial charge in [-0.25, -0.2) is 0 Å². The van der Waals surface area contributed by atoms with Crippen LogP contribution in [0.2, 0.25) is 0 Å². The maximum Gasteiger partial charge on any atom is 0.0431 e. The van der Waals surface area contributed by atoms with Gasteiger partial charge in [-0.1, -0.05) is 37.3 Å². The Bertz CT molecular complexity index is 409. The molecule has 1 aromatic carbocycles. The number of hydrogen-bond acceptors (Lipinski definition) is 3. The van der Waals surface area contributed by atoms with E-state index in [0.29, 0.717) is 12.6 Å². The van der Waals surface area contributed by atoms with Crippen molar-refractivity contribution < 1.29 is 5.11 Å². The summed E-state index contributed by atoms with van der Waals surface area (Å²) < 4.78 is 0. The smallest absolute Gasteiger partial charge is 0.0431 e. The first kappa shape index (κ1) is 16.5. The number of nitrogens with zero attached hydrogens (tertiary/aromatic N) is 1. The molecule has 0 aliphatic carbocycles. The Morgan fingerprint density at radius 2 is 2.10 bits per heavy atom. The van der Waals surface area contributed by atoms with Gasteiger partial charge >= 0.3 is 0 Å². The fraction of sp³-hybridized carbons (Fsp3) is 0.667. The Labute approximate surface area is 129 Å². The number of hydrogen-bond donors (Lipinski definition) is 2. The maximum atomic E-state index is 9.08. The lowest BCUT2D eigenvalue weighted by Crippen LogP contribution is -2.46. The van der Waals surface area contributed by atoms with Gasteiger partial charge < -0.3 is 10.4 Å². The monoisotopic (exact) mass is 290 g/mol. The van der Waals surface area contributed by atoms with Crippen molar-refractivity contribution in [1.29, 1.82) is 0 Å². The largest absolute Gasteiger partial charge is 0.396 e. The molecule has 0 saturated carbocycles. The lowest BCUT2D eigenvalue weighted by molar-refractivity contribution is 0.178. The summed E-state index contributed by atoms with van der Waals surface area (Å²) in [5, 5.41) is 12.5. The normalized spacial score (nSPS) is 22.3. The summed E-state index contributed by atoms with van der Waals surface area (Å²) >= 11 is 0. The van der Waals surface area contributed by atoms with Crippen LogP contribution in [0.1, 0.15) is 38.2 Å². The van der Waals surface area contributed by atoms with Crippen LogP contribution in [0, 0.1) is 0 Å². The minimum Gasteiger partial charge on any atom is -0.396 e. The average molecular weight is 290 g/mol. The summed E-state index contributed by atoms with van der Waals surface area (Å²) in [5.41, 5.74) is 1.55. The fourth-order valence-electron chi connectivity index (χ4n) is 3.69. The number of rotatable bonds is 8. The minimum atomic E-state index is 0.137. The second-order valence-electron chi connectivity index (χ2n) is 6.59. The third kappa shape index (κ3) is 4.29. The number of aliphatic hydroxyl groups excluding tert-OH is 1. The lowest BCUT2D eigenvalue weighted by atomic mass is 9.81. The zero-order valence-corrected chi connectivity index (χ0v) is 13.5. The molecule has 2 rings (SSSR count). The Balaban J connectivity index is 2.08. The quantitative estimate of drug-likeness (QED) is 0.772. The van der Waals surface area contributed by atoms with Gasteiger partial charge in [-0.2, -0.15) is 0 Å². The molecule has 0 radical (unpaired) electrons. The first-order valence-electron chi connectivity index (χ1n) is 8.24. The summed E-state index contributed by atoms with van der Waals surface area (Å²) in [4.78, 5) is 2.64. The first-order valence-corrected chi connectivity index (χ1v) is 8.24. The highest BCUT2D eigenvalue weighted by atomic mass is 16.2. The minimum absolute atomic E-state index is 0.137. The molecule has 118 valence electrons. The van der Waals surface area contributed by atoms with Crippen molar-refractivity contribution in [1.82, 2.24) is 10.2 Å². The topological polar surface area (TPSA) is 35.5 Å². The molecule has 2 N–H and O–H groups in total. The summed E-state index contributed by atoms with van der Waals surface area (Å²) in [6.45, 7) is 5.95. The molecule has 3 heteroatoms. The third-order valence-corrected chi connectivity index (χ3v) is 4.78. The van der Waals surface area contributed by atoms with Crippen molar-refractivity contribution in [2.75, 3.05) is 33.3 Å². The molecular weight excluding hydrogens is 260 g/mol. The van der Waals surface area contributed by atoms with Gasteiger partial charge in [0.25, 0.3) is 0 Å². The molecule has 3 nitrogen and oxygen atoms in total. The number of benzene rings is 1. The zero-order chi connectivity index (χ0) is 15.1. The van der Waals surface area contributed by atoms with E-state index in [4.69, 9.17) is 5.11 Å². The van der Waals surface area contributed by atoms with E-state index in [2.05, 4.69) is 47.5 Å². The van der Waals surface area contributed by atoms with Crippen molar-refractivity contribution in [2.45, 2.75) is 44.1 Å². The fourth-order valence-corrected chi connectivity index (χ4v) is 3.69. The van der Waals surface area contributed by atoms with Gasteiger partial charge in [0.2, 0.25) is 0 Å². The van der Waals surface area contributed by atoms with Crippen LogP contribution >= 0.6 is 0 Å². The van der Waals surface area contributed by atoms with E-state index in [9.17, 15) is 0 Å². The molecule has 0 amide bonds. The third-order valence-electron chi connectivity index (χ3n) is 4.78. The SMILES string of the molecule is CNCC(C)(CN1CCCC1CCCO)c1ccccc1. The summed E-state index contributed by atoms with van der Waals surface area (Å²) in [6, 6.07) is 11.5. The van der Waals surface area contributed by atoms with Crippen molar-refractivity contribution in [3.05, 3.63) is 35.9 Å². The standard InChI is InChI=1S/C18H30N2O/c1-18(14-19-2,16-8-4-3-5-9-16)15-20-12-6-10-17(20)11-7-13-21/h3-5,8-9,17,19,21H,6-7,10-15H2,1-2H3. The van der Waals surface area contributed by atoms with Crippen molar-refractivity contribution >= 4 is 0 Å². The Kier molecular flexibility index (Phi) is 6.22. The number of likely N-dealkylation sites (N-methyl/N-ethyl adjacent to an activating group) is 1. The van der Waals surface area contributed by atoms with Crippen molar-refractivity contribution in [2.24, 2.45) is 0 Å². The summed E-state index contributed by atoms with van der Waals surface area (Å²) in [5.74, 6) is 0. The number of aliphatic hydroxyl groups is 1. The van der Waals surface area contributed by atoms with Gasteiger partial charge in [0.05, 0.1) is 0 Å². The van der Waals surface area contributed by atoms with Crippen LogP contribution in [0.15, 0.2) is 30.3 Å². The van der Waals surface area contributed by atoms with Crippen molar-refractivity contribution in [3.63, 3.8) is 0 Å². The van der Waals surface area contributed by atoms with Gasteiger partial charge in [0, 0.05) is 31.2 Å². The van der Waals surface area contributed by atoms with Gasteiger partial charge in [0.15, 0.2) is 0 Å². The maximum absolute atomic E-state index is 9.08. The molecule has 1 fully saturated rings. The number of likely N-dealkylation sites (tertiary alicyclic amines) is 1. The molecule has 0 bridgehead atoms. The van der Waals surface area contributed by atoms with Crippen LogP contribution in [0.25, 0.3) is 0 Å². The van der Waals surface area contributed by atoms with E-state index in [0.717, 1.165) is 25.9 Å². The second kappa shape index (κ2) is 7.92. The highest BCUT2D eigenvalue weighted by Crippen LogP contribution is 2.29. The first-order chi connectivity index (χ1) is 10.2. The van der Waals surface area contributed by atoms with E-state index < -0.39 is 0 Å². The highest BCUT2D eigenvalue weighted by Gasteiger charge is 2.33. The van der Waals surface area contributed by atoms with Crippen molar-refractivity contribution in [3.8, 4) is 0 Å². The summed E-state index contributed by atoms with van der Waals surface area (Å²) in [7, 11) is 2.04. The molecule has 21 heavy (non-hydrogen) atoms. The summed E-state index contributed by atoms with van der Waals surface area (Å²) in [6.07, 6.45) is 4.63. The van der Waals surface area contributed by atoms with Crippen LogP contribution in [0.4, 0.5) is 0 Å². The molecule has 2 atom stereocenters. The molecule has 1 saturated heterocycles. The highest BCUT2D eigenvalue weighted by molar-refractivity contribution is 5.25. The van der Waals surface area contributed by atoms with Gasteiger partial charge in [0.1, 0.15) is 0 Å². The Morgan fingerprint density at radius 1 is 1.33 bits per heavy atom. The van der Waals surface area contributed by atoms with Crippen LogP contribution in [-0.2, 0) is 5.41 Å². The zero-order valence-electron chi connectivity index (χ0n) is 13.5. The molecule has 0 spiro atoms. The van der Waals surface area contributed by atoms with E-state index >= 15 is 0 Å². The van der Waals surface area contributed by atoms with Crippen LogP contribution in [-0.4, -0.2) is 49.3 Å². The number of nitrogens with one attached hydrogen (secondary N) is 1. The Hall–Kier alpha value is -0.900. The van der Waals surface area contributed by atoms with Gasteiger partial charge in [-0.3, -0.25) is 4.90 Å². The molecule has 0 aromatic heterocycles. The van der Waals surface area contributed by atoms with E-state index in [1.54, 1.807) is 0 Å². The molecular formula is C18H30N2O. The molecule has 2 unspecified atom stereocenters. The van der Waals surface area contributed by atoms with Crippen LogP contribution in [0.5, 0.6) is 0 Å². The van der Waals surface area contributed by atoms with Gasteiger partial charge in [-0.15, -0.1) is 0 Å². The lowest BCUT2D eigenvalue weighted by Gasteiger charge is -2.37. The Morgan fingerprint density at radius 3 is 2.76 bits per heavy atom. The molecule has 1 aliphatic heterocycles. The molecule has 1 aromatic rings. The van der Waals surface area contributed by atoms with Gasteiger partial charge in [-0.05, 0) is 44.8 Å². The predicted octanol–water partition coefficient (Wildman–Crippen LogP) is 2.40. The average Bonchev–Trinajstić information content (AvgIpc) is 2.93. The van der Waals surface area contributed by atoms with E-state index in [1.165, 1.54) is 24.9 Å². The van der Waals surface area contributed by atoms with E-state index in [-0.39, 0.29) is 5.41 Å².